The molecule has 0 radical (unpaired) electrons. The maximum Gasteiger partial charge on any atom is 0.130 e. The van der Waals surface area contributed by atoms with Crippen LogP contribution in [0.2, 0.25) is 10.2 Å². The fourth-order valence-electron chi connectivity index (χ4n) is 0.380. The van der Waals surface area contributed by atoms with Crippen LogP contribution in [0.15, 0.2) is 12.1 Å². The summed E-state index contributed by atoms with van der Waals surface area (Å²) in [6.07, 6.45) is 0. The fourth-order valence-corrected chi connectivity index (χ4v) is 0.786. The third-order valence-corrected chi connectivity index (χ3v) is 1.02. The fraction of sp³-hybridized carbons (Fsp3) is 0.167. The van der Waals surface area contributed by atoms with Gasteiger partial charge in [0, 0.05) is 14.8 Å². The minimum atomic E-state index is -2.54. The third kappa shape index (κ3) is 1.84. The van der Waals surface area contributed by atoms with Crippen LogP contribution in [-0.2, 0) is 0 Å². The molecule has 1 aromatic rings. The van der Waals surface area contributed by atoms with Gasteiger partial charge in [-0.1, -0.05) is 23.2 Å². The van der Waals surface area contributed by atoms with Gasteiger partial charge in [0.05, 0.1) is 2.74 Å². The number of hydrogen-bond donors (Lipinski definition) is 0. The van der Waals surface area contributed by atoms with E-state index < -0.39 is 18.6 Å². The molecule has 0 fully saturated rings. The largest absolute Gasteiger partial charge is 0.241 e. The zero-order chi connectivity index (χ0) is 11.1. The molecule has 3 heteroatoms. The van der Waals surface area contributed by atoms with Crippen LogP contribution in [0.3, 0.4) is 0 Å². The zero-order valence-electron chi connectivity index (χ0n) is 9.20. The van der Waals surface area contributed by atoms with Crippen molar-refractivity contribution in [3.8, 4) is 0 Å². The van der Waals surface area contributed by atoms with Gasteiger partial charge in [0.1, 0.15) is 5.15 Å². The van der Waals surface area contributed by atoms with E-state index in [4.69, 9.17) is 30.1 Å². The predicted octanol–water partition coefficient (Wildman–Crippen LogP) is 2.70. The minimum absolute atomic E-state index is 0.295. The van der Waals surface area contributed by atoms with E-state index in [1.807, 2.05) is 0 Å². The summed E-state index contributed by atoms with van der Waals surface area (Å²) in [5.74, 6) is 0. The molecule has 0 bridgehead atoms. The lowest BCUT2D eigenvalue weighted by Crippen LogP contribution is -1.79. The molecule has 0 aliphatic rings. The first-order chi connectivity index (χ1) is 6.25. The highest BCUT2D eigenvalue weighted by molar-refractivity contribution is 6.33. The molecule has 1 heterocycles. The van der Waals surface area contributed by atoms with Gasteiger partial charge >= 0.3 is 0 Å². The molecule has 0 amide bonds. The second-order valence-corrected chi connectivity index (χ2v) is 2.05. The number of aromatic nitrogens is 1. The first-order valence-electron chi connectivity index (χ1n) is 4.58. The molecule has 1 nitrogen and oxygen atoms in total. The highest BCUT2D eigenvalue weighted by Gasteiger charge is 1.92. The number of nitrogens with zero attached hydrogens (tertiary/aromatic N) is 1. The lowest BCUT2D eigenvalue weighted by Gasteiger charge is -1.92. The van der Waals surface area contributed by atoms with Crippen molar-refractivity contribution in [3.63, 3.8) is 0 Å². The Balaban J connectivity index is 3.49. The molecule has 9 heavy (non-hydrogen) atoms. The van der Waals surface area contributed by atoms with Crippen molar-refractivity contribution in [2.24, 2.45) is 0 Å². The highest BCUT2D eigenvalue weighted by atomic mass is 35.5. The smallest absolute Gasteiger partial charge is 0.130 e. The number of aryl methyl sites for hydroxylation is 1. The van der Waals surface area contributed by atoms with Crippen molar-refractivity contribution in [2.75, 3.05) is 0 Å². The van der Waals surface area contributed by atoms with Gasteiger partial charge in [-0.3, -0.25) is 0 Å². The van der Waals surface area contributed by atoms with E-state index in [0.717, 1.165) is 0 Å². The zero-order valence-corrected chi connectivity index (χ0v) is 5.72. The second kappa shape index (κ2) is 2.54. The van der Waals surface area contributed by atoms with Crippen LogP contribution >= 0.6 is 23.2 Å². The number of rotatable bonds is 0. The first kappa shape index (κ1) is 2.77. The monoisotopic (exact) mass is 166 g/mol. The Kier molecular flexibility index (Phi) is 0.782. The second-order valence-electron chi connectivity index (χ2n) is 1.32. The molecule has 0 aliphatic heterocycles. The van der Waals surface area contributed by atoms with E-state index >= 15 is 0 Å². The van der Waals surface area contributed by atoms with E-state index in [1.54, 1.807) is 0 Å². The summed E-state index contributed by atoms with van der Waals surface area (Å²) >= 11 is 11.0. The van der Waals surface area contributed by atoms with Gasteiger partial charge in [0.25, 0.3) is 0 Å². The maximum atomic E-state index is 7.36. The molecular weight excluding hydrogens is 157 g/mol. The SMILES string of the molecule is [2H]c1c(Cl)nc(C([2H])([2H])[2H])c([2H])c1Cl. The van der Waals surface area contributed by atoms with Gasteiger partial charge < -0.3 is 0 Å². The van der Waals surface area contributed by atoms with Crippen molar-refractivity contribution >= 4 is 23.2 Å². The number of pyridine rings is 1. The normalized spacial score (nSPS) is 19.1. The molecule has 0 aromatic carbocycles. The van der Waals surface area contributed by atoms with Crippen LogP contribution < -0.4 is 0 Å². The van der Waals surface area contributed by atoms with Gasteiger partial charge in [-0.05, 0) is 18.9 Å². The topological polar surface area (TPSA) is 12.9 Å². The first-order valence-corrected chi connectivity index (χ1v) is 2.83. The molecule has 0 saturated carbocycles. The van der Waals surface area contributed by atoms with Crippen LogP contribution in [0.1, 0.15) is 12.5 Å². The molecule has 48 valence electrons. The summed E-state index contributed by atoms with van der Waals surface area (Å²) in [6.45, 7) is -2.54. The van der Waals surface area contributed by atoms with E-state index in [1.165, 1.54) is 0 Å². The third-order valence-electron chi connectivity index (χ3n) is 0.651. The standard InChI is InChI=1S/C6H5Cl2N/c1-4-2-5(7)3-6(8)9-4/h2-3H,1H3/i1D3,2D,3D. The predicted molar refractivity (Wildman–Crippen MR) is 39.0 cm³/mol. The van der Waals surface area contributed by atoms with Gasteiger partial charge in [-0.25, -0.2) is 4.98 Å². The molecule has 1 rings (SSSR count). The number of hydrogen-bond acceptors (Lipinski definition) is 1. The Morgan fingerprint density at radius 1 is 1.67 bits per heavy atom. The van der Waals surface area contributed by atoms with Crippen LogP contribution in [0.25, 0.3) is 0 Å². The molecule has 0 aliphatic carbocycles. The summed E-state index contributed by atoms with van der Waals surface area (Å²) in [6, 6.07) is -0.799. The summed E-state index contributed by atoms with van der Waals surface area (Å²) in [5.41, 5.74) is -0.483. The van der Waals surface area contributed by atoms with Crippen LogP contribution in [0.4, 0.5) is 0 Å². The summed E-state index contributed by atoms with van der Waals surface area (Å²) < 4.78 is 35.8. The quantitative estimate of drug-likeness (QED) is 0.541. The van der Waals surface area contributed by atoms with Crippen molar-refractivity contribution in [1.82, 2.24) is 4.98 Å². The van der Waals surface area contributed by atoms with E-state index in [9.17, 15) is 0 Å². The summed E-state index contributed by atoms with van der Waals surface area (Å²) in [4.78, 5) is 3.45. The van der Waals surface area contributed by atoms with Crippen molar-refractivity contribution < 1.29 is 6.85 Å². The van der Waals surface area contributed by atoms with Crippen LogP contribution in [0, 0.1) is 6.85 Å². The van der Waals surface area contributed by atoms with Crippen LogP contribution in [0.5, 0.6) is 0 Å². The maximum absolute atomic E-state index is 7.36. The van der Waals surface area contributed by atoms with Gasteiger partial charge in [-0.15, -0.1) is 0 Å². The molecule has 0 N–H and O–H groups in total. The minimum Gasteiger partial charge on any atom is -0.241 e. The Morgan fingerprint density at radius 2 is 2.44 bits per heavy atom. The van der Waals surface area contributed by atoms with Gasteiger partial charge in [0.15, 0.2) is 0 Å². The molecule has 1 aromatic heterocycles. The number of halogens is 2. The molecule has 0 saturated heterocycles. The van der Waals surface area contributed by atoms with Crippen molar-refractivity contribution in [1.29, 1.82) is 0 Å². The Labute approximate surface area is 70.6 Å². The van der Waals surface area contributed by atoms with Crippen molar-refractivity contribution in [2.45, 2.75) is 6.85 Å². The molecule has 0 atom stereocenters. The lowest BCUT2D eigenvalue weighted by molar-refractivity contribution is 1.20. The van der Waals surface area contributed by atoms with Crippen LogP contribution in [-0.4, -0.2) is 4.98 Å². The van der Waals surface area contributed by atoms with E-state index in [2.05, 4.69) is 4.98 Å². The molecule has 0 unspecified atom stereocenters. The summed E-state index contributed by atoms with van der Waals surface area (Å²) in [7, 11) is 0. The van der Waals surface area contributed by atoms with Crippen molar-refractivity contribution in [3.05, 3.63) is 28.0 Å². The van der Waals surface area contributed by atoms with Gasteiger partial charge in [-0.2, -0.15) is 0 Å². The van der Waals surface area contributed by atoms with Gasteiger partial charge in [0.2, 0.25) is 0 Å². The molecular formula is C6H5Cl2N. The average Bonchev–Trinajstić information content (AvgIpc) is 2.06. The average molecular weight is 167 g/mol. The Morgan fingerprint density at radius 3 is 3.11 bits per heavy atom. The highest BCUT2D eigenvalue weighted by Crippen LogP contribution is 2.14. The lowest BCUT2D eigenvalue weighted by atomic mass is 10.4. The van der Waals surface area contributed by atoms with E-state index in [-0.39, 0.29) is 16.2 Å². The summed E-state index contributed by atoms with van der Waals surface area (Å²) in [5, 5.41) is -0.603. The Hall–Kier alpha value is -0.270. The molecule has 0 spiro atoms. The van der Waals surface area contributed by atoms with E-state index in [0.29, 0.717) is 0 Å². The Bertz CT molecular complexity index is 375.